The zero-order chi connectivity index (χ0) is 12.0. The molecule has 0 heterocycles. The number of hydrogen-bond acceptors (Lipinski definition) is 1. The van der Waals surface area contributed by atoms with Crippen LogP contribution in [0.3, 0.4) is 0 Å². The van der Waals surface area contributed by atoms with Gasteiger partial charge >= 0.3 is 6.18 Å². The molecule has 1 aromatic carbocycles. The molecule has 0 saturated heterocycles. The summed E-state index contributed by atoms with van der Waals surface area (Å²) < 4.78 is 37.4. The third-order valence-electron chi connectivity index (χ3n) is 3.30. The van der Waals surface area contributed by atoms with Crippen molar-refractivity contribution in [3.8, 4) is 0 Å². The lowest BCUT2D eigenvalue weighted by molar-refractivity contribution is -0.137. The van der Waals surface area contributed by atoms with Crippen molar-refractivity contribution < 1.29 is 13.2 Å². The molecule has 2 unspecified atom stereocenters. The molecule has 0 amide bonds. The maximum atomic E-state index is 12.5. The maximum absolute atomic E-state index is 12.5. The van der Waals surface area contributed by atoms with Crippen molar-refractivity contribution in [2.45, 2.75) is 31.5 Å². The second-order valence-corrected chi connectivity index (χ2v) is 4.71. The van der Waals surface area contributed by atoms with Crippen LogP contribution in [0.1, 0.15) is 24.5 Å². The molecule has 2 atom stereocenters. The second kappa shape index (κ2) is 3.48. The molecule has 1 saturated carbocycles. The van der Waals surface area contributed by atoms with Crippen LogP contribution in [0.2, 0.25) is 0 Å². The van der Waals surface area contributed by atoms with E-state index in [-0.39, 0.29) is 5.54 Å². The van der Waals surface area contributed by atoms with Crippen molar-refractivity contribution in [2.24, 2.45) is 11.7 Å². The van der Waals surface area contributed by atoms with E-state index in [1.807, 2.05) is 6.92 Å². The summed E-state index contributed by atoms with van der Waals surface area (Å²) in [5.74, 6) is 0.405. The Balaban J connectivity index is 2.17. The fourth-order valence-corrected chi connectivity index (χ4v) is 2.00. The summed E-state index contributed by atoms with van der Waals surface area (Å²) in [7, 11) is 0. The van der Waals surface area contributed by atoms with E-state index in [1.165, 1.54) is 12.1 Å². The first-order chi connectivity index (χ1) is 7.31. The Hall–Kier alpha value is -1.03. The minimum absolute atomic E-state index is 0.287. The van der Waals surface area contributed by atoms with Gasteiger partial charge in [0, 0.05) is 5.54 Å². The minimum Gasteiger partial charge on any atom is -0.325 e. The first-order valence-corrected chi connectivity index (χ1v) is 5.26. The van der Waals surface area contributed by atoms with Gasteiger partial charge in [0.05, 0.1) is 5.56 Å². The van der Waals surface area contributed by atoms with Crippen molar-refractivity contribution in [3.63, 3.8) is 0 Å². The standard InChI is InChI=1S/C12H14F3N/c1-8-6-11(8,16)7-9-3-2-4-10(5-9)12(13,14)15/h2-5,8H,6-7,16H2,1H3. The number of halogens is 3. The van der Waals surface area contributed by atoms with Crippen LogP contribution in [0.4, 0.5) is 13.2 Å². The molecule has 2 N–H and O–H groups in total. The zero-order valence-electron chi connectivity index (χ0n) is 9.01. The average Bonchev–Trinajstić information content (AvgIpc) is 2.72. The summed E-state index contributed by atoms with van der Waals surface area (Å²) in [5.41, 5.74) is 5.79. The van der Waals surface area contributed by atoms with Crippen molar-refractivity contribution in [3.05, 3.63) is 35.4 Å². The highest BCUT2D eigenvalue weighted by Gasteiger charge is 2.47. The lowest BCUT2D eigenvalue weighted by Crippen LogP contribution is -2.27. The highest BCUT2D eigenvalue weighted by Crippen LogP contribution is 2.43. The van der Waals surface area contributed by atoms with Crippen LogP contribution >= 0.6 is 0 Å². The lowest BCUT2D eigenvalue weighted by atomic mass is 10.0. The molecule has 0 aliphatic heterocycles. The van der Waals surface area contributed by atoms with Crippen LogP contribution in [-0.4, -0.2) is 5.54 Å². The summed E-state index contributed by atoms with van der Waals surface area (Å²) in [4.78, 5) is 0. The summed E-state index contributed by atoms with van der Waals surface area (Å²) in [6, 6.07) is 5.42. The Kier molecular flexibility index (Phi) is 2.49. The van der Waals surface area contributed by atoms with Crippen molar-refractivity contribution >= 4 is 0 Å². The molecular formula is C12H14F3N. The van der Waals surface area contributed by atoms with Crippen LogP contribution in [0.25, 0.3) is 0 Å². The Labute approximate surface area is 92.5 Å². The second-order valence-electron chi connectivity index (χ2n) is 4.71. The molecule has 1 nitrogen and oxygen atoms in total. The molecule has 1 aliphatic rings. The molecule has 0 aromatic heterocycles. The highest BCUT2D eigenvalue weighted by atomic mass is 19.4. The molecule has 0 spiro atoms. The van der Waals surface area contributed by atoms with Gasteiger partial charge < -0.3 is 5.73 Å². The van der Waals surface area contributed by atoms with E-state index in [0.29, 0.717) is 17.9 Å². The van der Waals surface area contributed by atoms with Gasteiger partial charge in [0.15, 0.2) is 0 Å². The Morgan fingerprint density at radius 3 is 2.56 bits per heavy atom. The first-order valence-electron chi connectivity index (χ1n) is 5.26. The third kappa shape index (κ3) is 2.21. The van der Waals surface area contributed by atoms with E-state index in [0.717, 1.165) is 12.5 Å². The molecule has 88 valence electrons. The highest BCUT2D eigenvalue weighted by molar-refractivity contribution is 5.29. The van der Waals surface area contributed by atoms with Gasteiger partial charge in [-0.15, -0.1) is 0 Å². The quantitative estimate of drug-likeness (QED) is 0.828. The van der Waals surface area contributed by atoms with Gasteiger partial charge in [-0.2, -0.15) is 13.2 Å². The SMILES string of the molecule is CC1CC1(N)Cc1cccc(C(F)(F)F)c1. The van der Waals surface area contributed by atoms with Gasteiger partial charge in [-0.25, -0.2) is 0 Å². The largest absolute Gasteiger partial charge is 0.416 e. The molecule has 0 bridgehead atoms. The van der Waals surface area contributed by atoms with Gasteiger partial charge in [-0.05, 0) is 30.4 Å². The normalized spacial score (nSPS) is 29.2. The van der Waals surface area contributed by atoms with Crippen LogP contribution in [0.5, 0.6) is 0 Å². The topological polar surface area (TPSA) is 26.0 Å². The summed E-state index contributed by atoms with van der Waals surface area (Å²) in [6.45, 7) is 2.02. The molecule has 1 fully saturated rings. The Morgan fingerprint density at radius 1 is 1.44 bits per heavy atom. The molecule has 16 heavy (non-hydrogen) atoms. The van der Waals surface area contributed by atoms with Crippen LogP contribution in [0, 0.1) is 5.92 Å². The number of benzene rings is 1. The monoisotopic (exact) mass is 229 g/mol. The van der Waals surface area contributed by atoms with Crippen LogP contribution in [0.15, 0.2) is 24.3 Å². The van der Waals surface area contributed by atoms with E-state index in [1.54, 1.807) is 6.07 Å². The molecule has 2 rings (SSSR count). The fraction of sp³-hybridized carbons (Fsp3) is 0.500. The average molecular weight is 229 g/mol. The smallest absolute Gasteiger partial charge is 0.325 e. The van der Waals surface area contributed by atoms with Gasteiger partial charge in [-0.1, -0.05) is 25.1 Å². The minimum atomic E-state index is -4.27. The van der Waals surface area contributed by atoms with Gasteiger partial charge in [0.1, 0.15) is 0 Å². The van der Waals surface area contributed by atoms with Crippen molar-refractivity contribution in [2.75, 3.05) is 0 Å². The van der Waals surface area contributed by atoms with E-state index < -0.39 is 11.7 Å². The maximum Gasteiger partial charge on any atom is 0.416 e. The Bertz CT molecular complexity index is 399. The van der Waals surface area contributed by atoms with E-state index in [9.17, 15) is 13.2 Å². The lowest BCUT2D eigenvalue weighted by Gasteiger charge is -2.12. The summed E-state index contributed by atoms with van der Waals surface area (Å²) in [5, 5.41) is 0. The molecule has 0 radical (unpaired) electrons. The van der Waals surface area contributed by atoms with Gasteiger partial charge in [0.2, 0.25) is 0 Å². The number of rotatable bonds is 2. The predicted octanol–water partition coefficient (Wildman–Crippen LogP) is 2.99. The van der Waals surface area contributed by atoms with Gasteiger partial charge in [-0.3, -0.25) is 0 Å². The van der Waals surface area contributed by atoms with Crippen LogP contribution in [-0.2, 0) is 12.6 Å². The summed E-state index contributed by atoms with van der Waals surface area (Å²) >= 11 is 0. The molecule has 1 aromatic rings. The molecular weight excluding hydrogens is 215 g/mol. The van der Waals surface area contributed by atoms with Crippen molar-refractivity contribution in [1.82, 2.24) is 0 Å². The summed E-state index contributed by atoms with van der Waals surface area (Å²) in [6.07, 6.45) is -2.85. The Morgan fingerprint density at radius 2 is 2.06 bits per heavy atom. The fourth-order valence-electron chi connectivity index (χ4n) is 2.00. The van der Waals surface area contributed by atoms with Crippen molar-refractivity contribution in [1.29, 1.82) is 0 Å². The van der Waals surface area contributed by atoms with E-state index in [2.05, 4.69) is 0 Å². The third-order valence-corrected chi connectivity index (χ3v) is 3.30. The number of nitrogens with two attached hydrogens (primary N) is 1. The van der Waals surface area contributed by atoms with Gasteiger partial charge in [0.25, 0.3) is 0 Å². The number of hydrogen-bond donors (Lipinski definition) is 1. The molecule has 4 heteroatoms. The van der Waals surface area contributed by atoms with E-state index in [4.69, 9.17) is 5.73 Å². The number of alkyl halides is 3. The molecule has 1 aliphatic carbocycles. The first kappa shape index (κ1) is 11.5. The zero-order valence-corrected chi connectivity index (χ0v) is 9.01. The van der Waals surface area contributed by atoms with Crippen LogP contribution < -0.4 is 5.73 Å². The predicted molar refractivity (Wildman–Crippen MR) is 55.8 cm³/mol. The van der Waals surface area contributed by atoms with E-state index >= 15 is 0 Å².